The molecule has 188 valence electrons. The number of carbonyl (C=O) groups is 1. The number of furan rings is 1. The number of halogens is 1. The largest absolute Gasteiger partial charge is 0.484 e. The van der Waals surface area contributed by atoms with Crippen molar-refractivity contribution in [3.05, 3.63) is 115 Å². The quantitative estimate of drug-likeness (QED) is 0.188. The Labute approximate surface area is 214 Å². The molecule has 0 unspecified atom stereocenters. The first kappa shape index (κ1) is 25.2. The van der Waals surface area contributed by atoms with Crippen molar-refractivity contribution < 1.29 is 28.5 Å². The maximum absolute atomic E-state index is 12.7. The van der Waals surface area contributed by atoms with Gasteiger partial charge in [0.25, 0.3) is 17.3 Å². The van der Waals surface area contributed by atoms with E-state index < -0.39 is 15.8 Å². The molecule has 3 aromatic carbocycles. The van der Waals surface area contributed by atoms with Crippen LogP contribution in [0.5, 0.6) is 17.2 Å². The standard InChI is InChI=1S/C25H18ClN3O8/c1-15-3-2-4-19(9-15)36-21-11-16(10-18(12-21)29(33)34)27-25(30)23-8-6-20(37-23)14-35-24-13-17(28(31)32)5-7-22(24)26/h2-13H,14H2,1H3,(H,27,30). The molecule has 4 rings (SSSR count). The van der Waals surface area contributed by atoms with Gasteiger partial charge in [-0.05, 0) is 42.8 Å². The van der Waals surface area contributed by atoms with Gasteiger partial charge in [0.1, 0.15) is 29.6 Å². The van der Waals surface area contributed by atoms with E-state index in [4.69, 9.17) is 25.5 Å². The Morgan fingerprint density at radius 2 is 1.73 bits per heavy atom. The molecular formula is C25H18ClN3O8. The summed E-state index contributed by atoms with van der Waals surface area (Å²) in [5.41, 5.74) is 0.602. The maximum atomic E-state index is 12.7. The monoisotopic (exact) mass is 523 g/mol. The summed E-state index contributed by atoms with van der Waals surface area (Å²) in [7, 11) is 0. The van der Waals surface area contributed by atoms with Crippen LogP contribution in [0.2, 0.25) is 5.02 Å². The van der Waals surface area contributed by atoms with E-state index in [2.05, 4.69) is 5.32 Å². The number of ether oxygens (including phenoxy) is 2. The topological polar surface area (TPSA) is 147 Å². The highest BCUT2D eigenvalue weighted by Gasteiger charge is 2.17. The van der Waals surface area contributed by atoms with Crippen LogP contribution in [0.3, 0.4) is 0 Å². The Hall–Kier alpha value is -4.90. The summed E-state index contributed by atoms with van der Waals surface area (Å²) in [6, 6.07) is 17.7. The summed E-state index contributed by atoms with van der Waals surface area (Å²) in [5.74, 6) is 0.221. The van der Waals surface area contributed by atoms with E-state index in [9.17, 15) is 25.0 Å². The van der Waals surface area contributed by atoms with Gasteiger partial charge >= 0.3 is 0 Å². The van der Waals surface area contributed by atoms with Crippen LogP contribution in [0.1, 0.15) is 21.9 Å². The second-order valence-corrected chi connectivity index (χ2v) is 8.18. The highest BCUT2D eigenvalue weighted by molar-refractivity contribution is 6.32. The van der Waals surface area contributed by atoms with Gasteiger partial charge in [0.2, 0.25) is 0 Å². The number of carbonyl (C=O) groups excluding carboxylic acids is 1. The zero-order valence-corrected chi connectivity index (χ0v) is 19.9. The normalized spacial score (nSPS) is 10.5. The van der Waals surface area contributed by atoms with E-state index in [-0.39, 0.29) is 51.7 Å². The van der Waals surface area contributed by atoms with Crippen molar-refractivity contribution in [2.24, 2.45) is 0 Å². The number of non-ortho nitro benzene ring substituents is 2. The lowest BCUT2D eigenvalue weighted by atomic mass is 10.2. The average molecular weight is 524 g/mol. The Morgan fingerprint density at radius 3 is 2.46 bits per heavy atom. The van der Waals surface area contributed by atoms with Crippen molar-refractivity contribution in [2.75, 3.05) is 5.32 Å². The molecule has 0 atom stereocenters. The molecule has 0 saturated heterocycles. The zero-order chi connectivity index (χ0) is 26.5. The van der Waals surface area contributed by atoms with Crippen molar-refractivity contribution in [1.29, 1.82) is 0 Å². The van der Waals surface area contributed by atoms with Crippen LogP contribution in [-0.2, 0) is 6.61 Å². The van der Waals surface area contributed by atoms with E-state index >= 15 is 0 Å². The molecular weight excluding hydrogens is 506 g/mol. The van der Waals surface area contributed by atoms with Crippen LogP contribution < -0.4 is 14.8 Å². The number of nitro groups is 2. The van der Waals surface area contributed by atoms with Crippen LogP contribution in [0, 0.1) is 27.2 Å². The van der Waals surface area contributed by atoms with Crippen molar-refractivity contribution in [3.8, 4) is 17.2 Å². The van der Waals surface area contributed by atoms with Crippen LogP contribution in [0.15, 0.2) is 77.2 Å². The molecule has 0 fully saturated rings. The third-order valence-electron chi connectivity index (χ3n) is 4.97. The van der Waals surface area contributed by atoms with Crippen molar-refractivity contribution in [3.63, 3.8) is 0 Å². The number of benzene rings is 3. The molecule has 0 bridgehead atoms. The van der Waals surface area contributed by atoms with Gasteiger partial charge in [-0.3, -0.25) is 25.0 Å². The maximum Gasteiger partial charge on any atom is 0.291 e. The highest BCUT2D eigenvalue weighted by atomic mass is 35.5. The van der Waals surface area contributed by atoms with Gasteiger partial charge in [-0.2, -0.15) is 0 Å². The fourth-order valence-corrected chi connectivity index (χ4v) is 3.44. The third-order valence-corrected chi connectivity index (χ3v) is 5.28. The van der Waals surface area contributed by atoms with Crippen molar-refractivity contribution in [1.82, 2.24) is 0 Å². The molecule has 1 N–H and O–H groups in total. The lowest BCUT2D eigenvalue weighted by Crippen LogP contribution is -2.11. The van der Waals surface area contributed by atoms with Gasteiger partial charge < -0.3 is 19.2 Å². The number of nitrogens with one attached hydrogen (secondary N) is 1. The molecule has 1 aromatic heterocycles. The van der Waals surface area contributed by atoms with Crippen molar-refractivity contribution in [2.45, 2.75) is 13.5 Å². The highest BCUT2D eigenvalue weighted by Crippen LogP contribution is 2.31. The van der Waals surface area contributed by atoms with Gasteiger partial charge in [0.05, 0.1) is 32.7 Å². The van der Waals surface area contributed by atoms with Gasteiger partial charge in [-0.15, -0.1) is 0 Å². The minimum atomic E-state index is -0.665. The number of anilines is 1. The SMILES string of the molecule is Cc1cccc(Oc2cc(NC(=O)c3ccc(COc4cc([N+](=O)[O-])ccc4Cl)o3)cc([N+](=O)[O-])c2)c1. The molecule has 37 heavy (non-hydrogen) atoms. The smallest absolute Gasteiger partial charge is 0.291 e. The molecule has 0 saturated carbocycles. The summed E-state index contributed by atoms with van der Waals surface area (Å²) in [5, 5.41) is 25.1. The first-order valence-electron chi connectivity index (χ1n) is 10.7. The fourth-order valence-electron chi connectivity index (χ4n) is 3.27. The number of aryl methyl sites for hydroxylation is 1. The fraction of sp³-hybridized carbons (Fsp3) is 0.0800. The molecule has 4 aromatic rings. The molecule has 0 aliphatic carbocycles. The number of nitrogens with zero attached hydrogens (tertiary/aromatic N) is 2. The predicted molar refractivity (Wildman–Crippen MR) is 133 cm³/mol. The van der Waals surface area contributed by atoms with Gasteiger partial charge in [0.15, 0.2) is 5.76 Å². The second kappa shape index (κ2) is 10.8. The Balaban J connectivity index is 1.46. The van der Waals surface area contributed by atoms with Crippen LogP contribution in [0.4, 0.5) is 17.1 Å². The van der Waals surface area contributed by atoms with E-state index in [0.29, 0.717) is 5.75 Å². The molecule has 0 aliphatic heterocycles. The number of rotatable bonds is 9. The number of nitro benzene ring substituents is 2. The summed E-state index contributed by atoms with van der Waals surface area (Å²) in [6.07, 6.45) is 0. The summed E-state index contributed by atoms with van der Waals surface area (Å²) >= 11 is 6.02. The van der Waals surface area contributed by atoms with E-state index in [1.54, 1.807) is 18.2 Å². The minimum Gasteiger partial charge on any atom is -0.484 e. The number of amides is 1. The number of hydrogen-bond donors (Lipinski definition) is 1. The molecule has 1 heterocycles. The third kappa shape index (κ3) is 6.41. The first-order valence-corrected chi connectivity index (χ1v) is 11.1. The van der Waals surface area contributed by atoms with E-state index in [1.807, 2.05) is 13.0 Å². The molecule has 12 heteroatoms. The summed E-state index contributed by atoms with van der Waals surface area (Å²) in [4.78, 5) is 33.9. The van der Waals surface area contributed by atoms with Crippen LogP contribution >= 0.6 is 11.6 Å². The Morgan fingerprint density at radius 1 is 0.946 bits per heavy atom. The van der Waals surface area contributed by atoms with Crippen LogP contribution in [-0.4, -0.2) is 15.8 Å². The van der Waals surface area contributed by atoms with Crippen molar-refractivity contribution >= 4 is 34.6 Å². The predicted octanol–water partition coefficient (Wildman–Crippen LogP) is 6.68. The molecule has 11 nitrogen and oxygen atoms in total. The average Bonchev–Trinajstić information content (AvgIpc) is 3.32. The summed E-state index contributed by atoms with van der Waals surface area (Å²) in [6.45, 7) is 1.73. The number of hydrogen-bond acceptors (Lipinski definition) is 8. The minimum absolute atomic E-state index is 0.0796. The van der Waals surface area contributed by atoms with Gasteiger partial charge in [-0.1, -0.05) is 23.7 Å². The zero-order valence-electron chi connectivity index (χ0n) is 19.2. The van der Waals surface area contributed by atoms with Gasteiger partial charge in [-0.25, -0.2) is 0 Å². The van der Waals surface area contributed by atoms with Gasteiger partial charge in [0, 0.05) is 18.2 Å². The second-order valence-electron chi connectivity index (χ2n) is 7.77. The molecule has 0 aliphatic rings. The lowest BCUT2D eigenvalue weighted by Gasteiger charge is -2.09. The molecule has 0 spiro atoms. The molecule has 1 amide bonds. The summed E-state index contributed by atoms with van der Waals surface area (Å²) < 4.78 is 16.7. The lowest BCUT2D eigenvalue weighted by molar-refractivity contribution is -0.385. The first-order chi connectivity index (χ1) is 17.7. The Kier molecular flexibility index (Phi) is 7.35. The van der Waals surface area contributed by atoms with Crippen LogP contribution in [0.25, 0.3) is 0 Å². The van der Waals surface area contributed by atoms with E-state index in [1.165, 1.54) is 48.5 Å². The Bertz CT molecular complexity index is 1500. The molecule has 0 radical (unpaired) electrons. The van der Waals surface area contributed by atoms with E-state index in [0.717, 1.165) is 5.56 Å².